The van der Waals surface area contributed by atoms with Crippen molar-refractivity contribution < 1.29 is 8.42 Å². The second-order valence-corrected chi connectivity index (χ2v) is 8.68. The molecule has 6 nitrogen and oxygen atoms in total. The molecule has 1 saturated heterocycles. The molecule has 1 fully saturated rings. The monoisotopic (exact) mass is 342 g/mol. The van der Waals surface area contributed by atoms with Gasteiger partial charge < -0.3 is 5.32 Å². The van der Waals surface area contributed by atoms with Crippen LogP contribution >= 0.6 is 0 Å². The van der Waals surface area contributed by atoms with Crippen LogP contribution in [0, 0.1) is 25.7 Å². The lowest BCUT2D eigenvalue weighted by Crippen LogP contribution is -2.33. The Morgan fingerprint density at radius 3 is 2.74 bits per heavy atom. The molecule has 0 saturated carbocycles. The van der Waals surface area contributed by atoms with Crippen molar-refractivity contribution in [1.82, 2.24) is 19.8 Å². The molecule has 1 atom stereocenters. The summed E-state index contributed by atoms with van der Waals surface area (Å²) in [7, 11) is -3.49. The van der Waals surface area contributed by atoms with Gasteiger partial charge in [-0.05, 0) is 58.0 Å². The average Bonchev–Trinajstić information content (AvgIpc) is 2.74. The van der Waals surface area contributed by atoms with Gasteiger partial charge in [0.05, 0.1) is 11.4 Å². The zero-order valence-corrected chi connectivity index (χ0v) is 15.5. The third-order valence-corrected chi connectivity index (χ3v) is 6.08. The lowest BCUT2D eigenvalue weighted by molar-refractivity contribution is 0.358. The minimum atomic E-state index is -3.49. The summed E-state index contributed by atoms with van der Waals surface area (Å²) in [6.45, 7) is 11.1. The van der Waals surface area contributed by atoms with Crippen molar-refractivity contribution >= 4 is 10.0 Å². The molecule has 2 N–H and O–H groups in total. The molecule has 0 radical (unpaired) electrons. The average molecular weight is 343 g/mol. The first-order valence-electron chi connectivity index (χ1n) is 8.55. The van der Waals surface area contributed by atoms with E-state index in [1.165, 1.54) is 12.8 Å². The van der Waals surface area contributed by atoms with Gasteiger partial charge in [0.2, 0.25) is 10.0 Å². The van der Waals surface area contributed by atoms with Crippen LogP contribution in [0.2, 0.25) is 0 Å². The Balaban J connectivity index is 2.02. The van der Waals surface area contributed by atoms with Crippen LogP contribution in [-0.2, 0) is 16.6 Å². The molecule has 0 aromatic carbocycles. The maximum atomic E-state index is 12.6. The molecule has 1 aromatic heterocycles. The number of aromatic nitrogens is 2. The highest BCUT2D eigenvalue weighted by atomic mass is 32.2. The van der Waals surface area contributed by atoms with Gasteiger partial charge in [0, 0.05) is 13.1 Å². The molecule has 1 unspecified atom stereocenters. The summed E-state index contributed by atoms with van der Waals surface area (Å²) in [5.74, 6) is 0.993. The van der Waals surface area contributed by atoms with Crippen LogP contribution in [0.4, 0.5) is 0 Å². The van der Waals surface area contributed by atoms with Crippen molar-refractivity contribution in [3.8, 4) is 0 Å². The number of nitrogens with zero attached hydrogens (tertiary/aromatic N) is 2. The Morgan fingerprint density at radius 2 is 2.13 bits per heavy atom. The lowest BCUT2D eigenvalue weighted by Gasteiger charge is -2.22. The van der Waals surface area contributed by atoms with Crippen LogP contribution in [0.1, 0.15) is 44.5 Å². The van der Waals surface area contributed by atoms with Crippen molar-refractivity contribution in [3.05, 3.63) is 11.4 Å². The van der Waals surface area contributed by atoms with Gasteiger partial charge in [-0.3, -0.25) is 4.68 Å². The molecule has 132 valence electrons. The summed E-state index contributed by atoms with van der Waals surface area (Å²) < 4.78 is 29.8. The zero-order chi connectivity index (χ0) is 17.0. The van der Waals surface area contributed by atoms with E-state index in [2.05, 4.69) is 29.0 Å². The van der Waals surface area contributed by atoms with Crippen LogP contribution in [0.15, 0.2) is 4.90 Å². The van der Waals surface area contributed by atoms with Crippen LogP contribution in [0.25, 0.3) is 0 Å². The first-order chi connectivity index (χ1) is 10.8. The van der Waals surface area contributed by atoms with Crippen molar-refractivity contribution in [2.45, 2.75) is 58.4 Å². The molecule has 0 bridgehead atoms. The Bertz CT molecular complexity index is 616. The zero-order valence-electron chi connectivity index (χ0n) is 14.7. The van der Waals surface area contributed by atoms with Gasteiger partial charge >= 0.3 is 0 Å². The summed E-state index contributed by atoms with van der Waals surface area (Å²) in [4.78, 5) is 0.347. The molecule has 1 aliphatic rings. The molecule has 2 heterocycles. The summed E-state index contributed by atoms with van der Waals surface area (Å²) in [5.41, 5.74) is 1.30. The van der Waals surface area contributed by atoms with E-state index in [1.807, 2.05) is 6.92 Å². The van der Waals surface area contributed by atoms with Crippen LogP contribution < -0.4 is 10.0 Å². The molecule has 1 aliphatic heterocycles. The first kappa shape index (κ1) is 18.4. The fourth-order valence-corrected chi connectivity index (χ4v) is 4.69. The number of sulfonamides is 1. The third kappa shape index (κ3) is 4.78. The fraction of sp³-hybridized carbons (Fsp3) is 0.812. The molecule has 0 aliphatic carbocycles. The van der Waals surface area contributed by atoms with Crippen molar-refractivity contribution in [2.24, 2.45) is 11.8 Å². The maximum absolute atomic E-state index is 12.6. The quantitative estimate of drug-likeness (QED) is 0.792. The van der Waals surface area contributed by atoms with E-state index in [-0.39, 0.29) is 0 Å². The summed E-state index contributed by atoms with van der Waals surface area (Å²) in [5, 5.41) is 7.77. The van der Waals surface area contributed by atoms with E-state index in [0.717, 1.165) is 31.7 Å². The SMILES string of the molecule is Cc1nn(CC(C)C)c(C)c1S(=O)(=O)NCCC1CCCNC1. The predicted octanol–water partition coefficient (Wildman–Crippen LogP) is 1.82. The highest BCUT2D eigenvalue weighted by molar-refractivity contribution is 7.89. The molecule has 0 spiro atoms. The topological polar surface area (TPSA) is 76.0 Å². The number of nitrogens with one attached hydrogen (secondary N) is 2. The number of rotatable bonds is 7. The van der Waals surface area contributed by atoms with Gasteiger partial charge in [-0.25, -0.2) is 13.1 Å². The van der Waals surface area contributed by atoms with Crippen LogP contribution in [0.3, 0.4) is 0 Å². The number of hydrogen-bond acceptors (Lipinski definition) is 4. The minimum Gasteiger partial charge on any atom is -0.316 e. The number of aryl methyl sites for hydroxylation is 1. The molecule has 23 heavy (non-hydrogen) atoms. The second kappa shape index (κ2) is 7.77. The van der Waals surface area contributed by atoms with Crippen LogP contribution in [-0.4, -0.2) is 37.8 Å². The number of hydrogen-bond donors (Lipinski definition) is 2. The molecule has 2 rings (SSSR count). The largest absolute Gasteiger partial charge is 0.316 e. The van der Waals surface area contributed by atoms with Gasteiger partial charge in [0.15, 0.2) is 0 Å². The minimum absolute atomic E-state index is 0.347. The van der Waals surface area contributed by atoms with E-state index >= 15 is 0 Å². The Labute approximate surface area is 140 Å². The molecular weight excluding hydrogens is 312 g/mol. The Hall–Kier alpha value is -0.920. The highest BCUT2D eigenvalue weighted by Gasteiger charge is 2.25. The lowest BCUT2D eigenvalue weighted by atomic mass is 9.96. The summed E-state index contributed by atoms with van der Waals surface area (Å²) >= 11 is 0. The van der Waals surface area contributed by atoms with E-state index in [0.29, 0.717) is 29.0 Å². The smallest absolute Gasteiger partial charge is 0.244 e. The first-order valence-corrected chi connectivity index (χ1v) is 10.0. The normalized spacial score (nSPS) is 19.4. The van der Waals surface area contributed by atoms with E-state index in [4.69, 9.17) is 0 Å². The van der Waals surface area contributed by atoms with E-state index < -0.39 is 10.0 Å². The summed E-state index contributed by atoms with van der Waals surface area (Å²) in [6.07, 6.45) is 3.24. The fourth-order valence-electron chi connectivity index (χ4n) is 3.23. The molecule has 1 aromatic rings. The van der Waals surface area contributed by atoms with Crippen molar-refractivity contribution in [2.75, 3.05) is 19.6 Å². The van der Waals surface area contributed by atoms with Gasteiger partial charge in [-0.1, -0.05) is 13.8 Å². The highest BCUT2D eigenvalue weighted by Crippen LogP contribution is 2.20. The van der Waals surface area contributed by atoms with Gasteiger partial charge in [-0.2, -0.15) is 5.10 Å². The van der Waals surface area contributed by atoms with Gasteiger partial charge in [-0.15, -0.1) is 0 Å². The molecule has 0 amide bonds. The van der Waals surface area contributed by atoms with E-state index in [9.17, 15) is 8.42 Å². The predicted molar refractivity (Wildman–Crippen MR) is 91.9 cm³/mol. The summed E-state index contributed by atoms with van der Waals surface area (Å²) in [6, 6.07) is 0. The Morgan fingerprint density at radius 1 is 1.39 bits per heavy atom. The second-order valence-electron chi connectivity index (χ2n) is 6.97. The van der Waals surface area contributed by atoms with Crippen molar-refractivity contribution in [3.63, 3.8) is 0 Å². The van der Waals surface area contributed by atoms with Crippen molar-refractivity contribution in [1.29, 1.82) is 0 Å². The molecular formula is C16H30N4O2S. The molecule has 7 heteroatoms. The van der Waals surface area contributed by atoms with Gasteiger partial charge in [0.25, 0.3) is 0 Å². The standard InChI is InChI=1S/C16H30N4O2S/c1-12(2)11-20-14(4)16(13(3)19-20)23(21,22)18-9-7-15-6-5-8-17-10-15/h12,15,17-18H,5-11H2,1-4H3. The number of piperidine rings is 1. The maximum Gasteiger partial charge on any atom is 0.244 e. The third-order valence-electron chi connectivity index (χ3n) is 4.37. The van der Waals surface area contributed by atoms with Gasteiger partial charge in [0.1, 0.15) is 4.90 Å². The Kier molecular flexibility index (Phi) is 6.22. The van der Waals surface area contributed by atoms with Crippen LogP contribution in [0.5, 0.6) is 0 Å². The van der Waals surface area contributed by atoms with E-state index in [1.54, 1.807) is 11.6 Å².